The zero-order chi connectivity index (χ0) is 25.1. The van der Waals surface area contributed by atoms with Crippen LogP contribution in [0.2, 0.25) is 0 Å². The van der Waals surface area contributed by atoms with Gasteiger partial charge in [0, 0.05) is 18.3 Å². The van der Waals surface area contributed by atoms with Crippen LogP contribution in [-0.2, 0) is 16.8 Å². The van der Waals surface area contributed by atoms with Gasteiger partial charge in [0.1, 0.15) is 0 Å². The van der Waals surface area contributed by atoms with Crippen molar-refractivity contribution in [2.45, 2.75) is 50.6 Å². The number of H-pyrrole nitrogens is 1. The zero-order valence-corrected chi connectivity index (χ0v) is 20.7. The molecule has 3 aromatic rings. The van der Waals surface area contributed by atoms with Crippen LogP contribution in [0.4, 0.5) is 0 Å². The standard InChI is InChI=1S/C28H33N5O3/c1-3-7-20(8-4-2)17-33-18-21(16-29-33)24(19-32-13-5-6-14-32)30-26(34)28(11-12-28)22-9-10-25-23(15-22)31-27(35)36-25/h3-4,7-10,15-16,18,24H,1,5-6,11-14,17,19H2,2H3,(H,30,34)(H,31,35)/b8-4-,20-7+. The van der Waals surface area contributed by atoms with Gasteiger partial charge in [-0.2, -0.15) is 5.10 Å². The number of oxazole rings is 1. The van der Waals surface area contributed by atoms with Gasteiger partial charge in [-0.05, 0) is 69.0 Å². The Kier molecular flexibility index (Phi) is 6.78. The molecule has 1 atom stereocenters. The summed E-state index contributed by atoms with van der Waals surface area (Å²) in [6.45, 7) is 9.27. The summed E-state index contributed by atoms with van der Waals surface area (Å²) in [5, 5.41) is 7.95. The van der Waals surface area contributed by atoms with Crippen molar-refractivity contribution >= 4 is 17.0 Å². The number of amides is 1. The summed E-state index contributed by atoms with van der Waals surface area (Å²) in [6, 6.07) is 5.37. The van der Waals surface area contributed by atoms with Gasteiger partial charge in [-0.3, -0.25) is 14.5 Å². The topological polar surface area (TPSA) is 96.2 Å². The third-order valence-corrected chi connectivity index (χ3v) is 7.21. The molecule has 0 radical (unpaired) electrons. The molecule has 1 amide bonds. The molecule has 3 heterocycles. The van der Waals surface area contributed by atoms with Gasteiger partial charge >= 0.3 is 5.76 Å². The Morgan fingerprint density at radius 1 is 1.33 bits per heavy atom. The Bertz CT molecular complexity index is 1360. The SMILES string of the molecule is C=C/C=C(\C=C/C)Cn1cc(C(CN2CCCC2)NC(=O)C2(c3ccc4oc(=O)[nH]c4c3)CC2)cn1. The number of aromatic amines is 1. The number of hydrogen-bond acceptors (Lipinski definition) is 5. The van der Waals surface area contributed by atoms with E-state index in [1.165, 1.54) is 12.8 Å². The highest BCUT2D eigenvalue weighted by molar-refractivity contribution is 5.92. The van der Waals surface area contributed by atoms with Gasteiger partial charge in [0.2, 0.25) is 5.91 Å². The molecule has 1 aliphatic carbocycles. The number of fused-ring (bicyclic) bond motifs is 1. The van der Waals surface area contributed by atoms with Gasteiger partial charge in [0.05, 0.1) is 29.7 Å². The highest BCUT2D eigenvalue weighted by Crippen LogP contribution is 2.49. The van der Waals surface area contributed by atoms with Crippen LogP contribution in [0.1, 0.15) is 49.8 Å². The molecule has 5 rings (SSSR count). The molecule has 2 aromatic heterocycles. The third kappa shape index (κ3) is 4.99. The predicted octanol–water partition coefficient (Wildman–Crippen LogP) is 3.99. The Morgan fingerprint density at radius 3 is 2.86 bits per heavy atom. The average Bonchev–Trinajstić information content (AvgIpc) is 3.16. The van der Waals surface area contributed by atoms with E-state index in [-0.39, 0.29) is 11.9 Å². The van der Waals surface area contributed by atoms with Gasteiger partial charge in [0.25, 0.3) is 0 Å². The summed E-state index contributed by atoms with van der Waals surface area (Å²) in [6.07, 6.45) is 15.6. The molecule has 1 aromatic carbocycles. The number of benzene rings is 1. The largest absolute Gasteiger partial charge is 0.417 e. The van der Waals surface area contributed by atoms with E-state index >= 15 is 0 Å². The van der Waals surface area contributed by atoms with Crippen LogP contribution in [0.15, 0.2) is 76.3 Å². The minimum atomic E-state index is -0.576. The highest BCUT2D eigenvalue weighted by Gasteiger charge is 2.52. The Morgan fingerprint density at radius 2 is 2.14 bits per heavy atom. The lowest BCUT2D eigenvalue weighted by Gasteiger charge is -2.26. The molecule has 2 aliphatic rings. The van der Waals surface area contributed by atoms with Gasteiger partial charge < -0.3 is 14.6 Å². The smallest absolute Gasteiger partial charge is 0.408 e. The summed E-state index contributed by atoms with van der Waals surface area (Å²) in [5.41, 5.74) is 3.56. The van der Waals surface area contributed by atoms with E-state index in [1.54, 1.807) is 12.1 Å². The van der Waals surface area contributed by atoms with Crippen molar-refractivity contribution in [2.24, 2.45) is 0 Å². The Labute approximate surface area is 210 Å². The summed E-state index contributed by atoms with van der Waals surface area (Å²) >= 11 is 0. The van der Waals surface area contributed by atoms with Crippen molar-refractivity contribution in [1.29, 1.82) is 0 Å². The molecule has 1 saturated heterocycles. The molecule has 36 heavy (non-hydrogen) atoms. The lowest BCUT2D eigenvalue weighted by atomic mass is 9.94. The molecular weight excluding hydrogens is 454 g/mol. The first-order valence-corrected chi connectivity index (χ1v) is 12.6. The van der Waals surface area contributed by atoms with E-state index in [2.05, 4.69) is 26.9 Å². The number of aromatic nitrogens is 3. The first kappa shape index (κ1) is 24.1. The molecule has 1 aliphatic heterocycles. The van der Waals surface area contributed by atoms with Crippen molar-refractivity contribution in [1.82, 2.24) is 25.0 Å². The quantitative estimate of drug-likeness (QED) is 0.422. The van der Waals surface area contributed by atoms with Crippen LogP contribution in [0, 0.1) is 0 Å². The number of nitrogens with zero attached hydrogens (tertiary/aromatic N) is 3. The second-order valence-corrected chi connectivity index (χ2v) is 9.79. The second-order valence-electron chi connectivity index (χ2n) is 9.79. The number of carbonyl (C=O) groups is 1. The second kappa shape index (κ2) is 10.1. The minimum Gasteiger partial charge on any atom is -0.408 e. The maximum Gasteiger partial charge on any atom is 0.417 e. The Balaban J connectivity index is 1.37. The van der Waals surface area contributed by atoms with Gasteiger partial charge in [0.15, 0.2) is 5.58 Å². The van der Waals surface area contributed by atoms with E-state index in [1.807, 2.05) is 54.4 Å². The maximum absolute atomic E-state index is 13.7. The Hall–Kier alpha value is -3.65. The maximum atomic E-state index is 13.7. The lowest BCUT2D eigenvalue weighted by molar-refractivity contribution is -0.124. The molecule has 1 unspecified atom stereocenters. The molecule has 0 bridgehead atoms. The fourth-order valence-corrected chi connectivity index (χ4v) is 5.14. The first-order chi connectivity index (χ1) is 17.5. The monoisotopic (exact) mass is 487 g/mol. The predicted molar refractivity (Wildman–Crippen MR) is 140 cm³/mol. The van der Waals surface area contributed by atoms with Crippen molar-refractivity contribution in [3.63, 3.8) is 0 Å². The highest BCUT2D eigenvalue weighted by atomic mass is 16.4. The zero-order valence-electron chi connectivity index (χ0n) is 20.7. The van der Waals surface area contributed by atoms with Crippen LogP contribution in [0.3, 0.4) is 0 Å². The normalized spacial score (nSPS) is 18.6. The minimum absolute atomic E-state index is 0.0193. The third-order valence-electron chi connectivity index (χ3n) is 7.21. The molecule has 8 heteroatoms. The summed E-state index contributed by atoms with van der Waals surface area (Å²) in [7, 11) is 0. The fourth-order valence-electron chi connectivity index (χ4n) is 5.14. The van der Waals surface area contributed by atoms with Crippen LogP contribution in [0.25, 0.3) is 11.1 Å². The van der Waals surface area contributed by atoms with Gasteiger partial charge in [-0.25, -0.2) is 4.79 Å². The van der Waals surface area contributed by atoms with E-state index in [9.17, 15) is 9.59 Å². The van der Waals surface area contributed by atoms with Crippen LogP contribution in [0.5, 0.6) is 0 Å². The lowest BCUT2D eigenvalue weighted by Crippen LogP contribution is -2.41. The van der Waals surface area contributed by atoms with Crippen molar-refractivity contribution in [2.75, 3.05) is 19.6 Å². The van der Waals surface area contributed by atoms with Crippen LogP contribution in [-0.4, -0.2) is 45.2 Å². The summed E-state index contributed by atoms with van der Waals surface area (Å²) in [5.74, 6) is -0.467. The van der Waals surface area contributed by atoms with Crippen LogP contribution >= 0.6 is 0 Å². The fraction of sp³-hybridized carbons (Fsp3) is 0.393. The number of hydrogen-bond donors (Lipinski definition) is 2. The number of allylic oxidation sites excluding steroid dienone is 5. The number of carbonyl (C=O) groups excluding carboxylic acids is 1. The van der Waals surface area contributed by atoms with Gasteiger partial charge in [-0.15, -0.1) is 0 Å². The molecule has 8 nitrogen and oxygen atoms in total. The number of nitrogens with one attached hydrogen (secondary N) is 2. The van der Waals surface area contributed by atoms with E-state index in [0.29, 0.717) is 17.6 Å². The summed E-state index contributed by atoms with van der Waals surface area (Å²) < 4.78 is 7.04. The first-order valence-electron chi connectivity index (χ1n) is 12.6. The van der Waals surface area contributed by atoms with E-state index in [4.69, 9.17) is 4.42 Å². The summed E-state index contributed by atoms with van der Waals surface area (Å²) in [4.78, 5) is 30.4. The molecule has 0 spiro atoms. The van der Waals surface area contributed by atoms with Crippen molar-refractivity contribution in [3.8, 4) is 0 Å². The molecule has 188 valence electrons. The molecule has 2 fully saturated rings. The average molecular weight is 488 g/mol. The number of likely N-dealkylation sites (tertiary alicyclic amines) is 1. The number of rotatable bonds is 10. The molecular formula is C28H33N5O3. The van der Waals surface area contributed by atoms with E-state index in [0.717, 1.165) is 49.2 Å². The van der Waals surface area contributed by atoms with Crippen molar-refractivity contribution in [3.05, 3.63) is 88.7 Å². The van der Waals surface area contributed by atoms with Crippen LogP contribution < -0.4 is 11.1 Å². The van der Waals surface area contributed by atoms with Gasteiger partial charge in [-0.1, -0.05) is 36.9 Å². The van der Waals surface area contributed by atoms with Crippen molar-refractivity contribution < 1.29 is 9.21 Å². The van der Waals surface area contributed by atoms with E-state index < -0.39 is 11.2 Å². The molecule has 1 saturated carbocycles. The molecule has 2 N–H and O–H groups in total.